The summed E-state index contributed by atoms with van der Waals surface area (Å²) in [6, 6.07) is 35.0. The summed E-state index contributed by atoms with van der Waals surface area (Å²) >= 11 is 0. The number of rotatable bonds is 3. The fraction of sp³-hybridized carbons (Fsp3) is 0.0500. The molecule has 2 heteroatoms. The van der Waals surface area contributed by atoms with Crippen LogP contribution in [0, 0.1) is 0 Å². The Morgan fingerprint density at radius 3 is 1.45 bits per heavy atom. The highest BCUT2D eigenvalue weighted by Gasteiger charge is 2.46. The summed E-state index contributed by atoms with van der Waals surface area (Å²) in [4.78, 5) is 0. The Kier molecular flexibility index (Phi) is 3.49. The molecule has 1 aliphatic heterocycles. The Morgan fingerprint density at radius 1 is 0.591 bits per heavy atom. The van der Waals surface area contributed by atoms with Gasteiger partial charge in [0.1, 0.15) is 7.59 Å². The van der Waals surface area contributed by atoms with E-state index in [0.717, 1.165) is 0 Å². The van der Waals surface area contributed by atoms with E-state index in [2.05, 4.69) is 96.7 Å². The molecule has 106 valence electrons. The highest BCUT2D eigenvalue weighted by molar-refractivity contribution is 7.53. The van der Waals surface area contributed by atoms with Gasteiger partial charge in [0.25, 0.3) is 0 Å². The Bertz CT molecular complexity index is 753. The Labute approximate surface area is 134 Å². The van der Waals surface area contributed by atoms with E-state index in [-0.39, 0.29) is 0 Å². The monoisotopic (exact) mass is 314 g/mol. The van der Waals surface area contributed by atoms with Gasteiger partial charge in [0.05, 0.1) is 0 Å². The lowest BCUT2D eigenvalue weighted by atomic mass is 10.4. The van der Waals surface area contributed by atoms with E-state index < -0.39 is 15.5 Å². The third-order valence-electron chi connectivity index (χ3n) is 4.69. The van der Waals surface area contributed by atoms with Gasteiger partial charge in [-0.3, -0.25) is 0 Å². The molecule has 0 fully saturated rings. The van der Waals surface area contributed by atoms with Crippen molar-refractivity contribution >= 4 is 36.7 Å². The van der Waals surface area contributed by atoms with Gasteiger partial charge in [0.15, 0.2) is 0 Å². The second-order valence-electron chi connectivity index (χ2n) is 5.83. The minimum atomic E-state index is -1.62. The van der Waals surface area contributed by atoms with Crippen molar-refractivity contribution in [3.8, 4) is 0 Å². The van der Waals surface area contributed by atoms with Gasteiger partial charge in [0, 0.05) is 7.93 Å². The third kappa shape index (κ3) is 2.07. The molecule has 4 rings (SSSR count). The molecular weight excluding hydrogens is 296 g/mol. The SMILES string of the molecule is C1=[Si](c2ccccc2)[Si](c2ccccc2)(c2ccccc2)C1. The molecule has 0 saturated heterocycles. The van der Waals surface area contributed by atoms with Crippen molar-refractivity contribution in [2.75, 3.05) is 0 Å². The first-order valence-corrected chi connectivity index (χ1v) is 12.6. The van der Waals surface area contributed by atoms with Gasteiger partial charge in [0.2, 0.25) is 0 Å². The van der Waals surface area contributed by atoms with E-state index >= 15 is 0 Å². The summed E-state index contributed by atoms with van der Waals surface area (Å²) in [7, 11) is -2.23. The molecule has 0 bridgehead atoms. The molecule has 0 N–H and O–H groups in total. The molecule has 0 nitrogen and oxygen atoms in total. The predicted octanol–water partition coefficient (Wildman–Crippen LogP) is 2.13. The average Bonchev–Trinajstić information content (AvgIpc) is 2.57. The van der Waals surface area contributed by atoms with E-state index in [0.29, 0.717) is 0 Å². The zero-order valence-corrected chi connectivity index (χ0v) is 14.4. The molecule has 0 aromatic heterocycles. The van der Waals surface area contributed by atoms with Crippen LogP contribution in [0.2, 0.25) is 6.04 Å². The van der Waals surface area contributed by atoms with Gasteiger partial charge in [-0.05, 0) is 11.2 Å². The third-order valence-corrected chi connectivity index (χ3v) is 17.6. The summed E-state index contributed by atoms with van der Waals surface area (Å²) in [5.41, 5.74) is 2.62. The number of hydrogen-bond donors (Lipinski definition) is 0. The molecule has 3 aromatic rings. The van der Waals surface area contributed by atoms with Crippen molar-refractivity contribution in [2.45, 2.75) is 6.04 Å². The first kappa shape index (κ1) is 13.6. The Morgan fingerprint density at radius 2 is 1.05 bits per heavy atom. The van der Waals surface area contributed by atoms with Gasteiger partial charge >= 0.3 is 0 Å². The zero-order chi connectivity index (χ0) is 14.8. The molecular formula is C20H18Si2. The molecule has 0 aliphatic carbocycles. The lowest BCUT2D eigenvalue weighted by Gasteiger charge is -2.41. The van der Waals surface area contributed by atoms with Crippen molar-refractivity contribution < 1.29 is 0 Å². The summed E-state index contributed by atoms with van der Waals surface area (Å²) in [5, 5.41) is 4.76. The largest absolute Gasteiger partial charge is 0.134 e. The lowest BCUT2D eigenvalue weighted by molar-refractivity contribution is 1.67. The van der Waals surface area contributed by atoms with E-state index in [9.17, 15) is 0 Å². The first-order valence-electron chi connectivity index (χ1n) is 7.78. The smallest absolute Gasteiger partial charge is 0.103 e. The van der Waals surface area contributed by atoms with Crippen LogP contribution in [-0.4, -0.2) is 21.2 Å². The van der Waals surface area contributed by atoms with E-state index in [1.54, 1.807) is 15.6 Å². The predicted molar refractivity (Wildman–Crippen MR) is 101 cm³/mol. The van der Waals surface area contributed by atoms with Crippen LogP contribution in [0.1, 0.15) is 0 Å². The van der Waals surface area contributed by atoms with Crippen molar-refractivity contribution in [1.29, 1.82) is 0 Å². The van der Waals surface area contributed by atoms with Crippen molar-refractivity contribution in [2.24, 2.45) is 0 Å². The Balaban J connectivity index is 1.91. The summed E-state index contributed by atoms with van der Waals surface area (Å²) in [6.07, 6.45) is 0. The van der Waals surface area contributed by atoms with Crippen molar-refractivity contribution in [3.05, 3.63) is 91.0 Å². The minimum Gasteiger partial charge on any atom is -0.103 e. The maximum absolute atomic E-state index is 2.62. The van der Waals surface area contributed by atoms with Crippen molar-refractivity contribution in [3.63, 3.8) is 0 Å². The Hall–Kier alpha value is -2.04. The molecule has 0 atom stereocenters. The first-order chi connectivity index (χ1) is 10.9. The summed E-state index contributed by atoms with van der Waals surface area (Å²) < 4.78 is 0. The second kappa shape index (κ2) is 5.63. The van der Waals surface area contributed by atoms with Crippen LogP contribution in [0.25, 0.3) is 0 Å². The van der Waals surface area contributed by atoms with E-state index in [1.807, 2.05) is 0 Å². The number of benzene rings is 3. The van der Waals surface area contributed by atoms with Crippen LogP contribution in [0.3, 0.4) is 0 Å². The van der Waals surface area contributed by atoms with E-state index in [4.69, 9.17) is 0 Å². The standard InChI is InChI=1S/C20H18Si2/c1-4-10-18(11-5-1)21-16-17-22(21,19-12-6-2-7-13-19)20-14-8-3-9-15-20/h1-16H,17H2. The zero-order valence-electron chi connectivity index (χ0n) is 12.4. The maximum Gasteiger partial charge on any atom is 0.134 e. The fourth-order valence-electron chi connectivity index (χ4n) is 3.55. The fourth-order valence-corrected chi connectivity index (χ4v) is 15.9. The van der Waals surface area contributed by atoms with Crippen molar-refractivity contribution in [1.82, 2.24) is 0 Å². The van der Waals surface area contributed by atoms with Gasteiger partial charge in [-0.1, -0.05) is 101 Å². The maximum atomic E-state index is 2.62. The van der Waals surface area contributed by atoms with Gasteiger partial charge < -0.3 is 0 Å². The van der Waals surface area contributed by atoms with Crippen LogP contribution < -0.4 is 15.6 Å². The van der Waals surface area contributed by atoms with Crippen LogP contribution in [-0.2, 0) is 0 Å². The molecule has 3 aromatic carbocycles. The topological polar surface area (TPSA) is 0 Å². The quantitative estimate of drug-likeness (QED) is 0.650. The molecule has 1 aliphatic rings. The average molecular weight is 315 g/mol. The molecule has 0 unspecified atom stereocenters. The van der Waals surface area contributed by atoms with E-state index in [1.165, 1.54) is 6.04 Å². The van der Waals surface area contributed by atoms with Crippen LogP contribution in [0.15, 0.2) is 91.0 Å². The normalized spacial score (nSPS) is 15.7. The minimum absolute atomic E-state index is 0.614. The summed E-state index contributed by atoms with van der Waals surface area (Å²) in [6.45, 7) is 0. The summed E-state index contributed by atoms with van der Waals surface area (Å²) in [5.74, 6) is 0. The second-order valence-corrected chi connectivity index (χ2v) is 15.2. The molecule has 0 amide bonds. The van der Waals surface area contributed by atoms with Gasteiger partial charge in [-0.2, -0.15) is 0 Å². The molecule has 22 heavy (non-hydrogen) atoms. The molecule has 0 spiro atoms. The number of hydrogen-bond acceptors (Lipinski definition) is 0. The van der Waals surface area contributed by atoms with Gasteiger partial charge in [-0.25, -0.2) is 0 Å². The van der Waals surface area contributed by atoms with Crippen LogP contribution >= 0.6 is 0 Å². The highest BCUT2D eigenvalue weighted by Crippen LogP contribution is 2.18. The van der Waals surface area contributed by atoms with Gasteiger partial charge in [-0.15, -0.1) is 5.67 Å². The lowest BCUT2D eigenvalue weighted by Crippen LogP contribution is -2.75. The highest BCUT2D eigenvalue weighted by atomic mass is 29.2. The van der Waals surface area contributed by atoms with Crippen LogP contribution in [0.5, 0.6) is 0 Å². The molecule has 0 radical (unpaired) electrons. The van der Waals surface area contributed by atoms with Crippen LogP contribution in [0.4, 0.5) is 0 Å². The molecule has 0 saturated carbocycles. The molecule has 1 heterocycles.